The minimum absolute atomic E-state index is 0.133. The number of nitrogen functional groups attached to an aromatic ring is 1. The van der Waals surface area contributed by atoms with Gasteiger partial charge in [0.2, 0.25) is 0 Å². The van der Waals surface area contributed by atoms with Gasteiger partial charge in [-0.1, -0.05) is 23.7 Å². The highest BCUT2D eigenvalue weighted by molar-refractivity contribution is 9.10. The van der Waals surface area contributed by atoms with E-state index in [1.165, 1.54) is 0 Å². The zero-order valence-electron chi connectivity index (χ0n) is 10.8. The van der Waals surface area contributed by atoms with E-state index in [1.807, 2.05) is 25.1 Å². The number of hydrogen-bond acceptors (Lipinski definition) is 3. The third-order valence-corrected chi connectivity index (χ3v) is 3.87. The van der Waals surface area contributed by atoms with Gasteiger partial charge in [-0.2, -0.15) is 0 Å². The maximum atomic E-state index is 11.9. The Kier molecular flexibility index (Phi) is 4.68. The first kappa shape index (κ1) is 14.9. The lowest BCUT2D eigenvalue weighted by Gasteiger charge is -2.08. The number of hydrogen-bond donors (Lipinski definition) is 1. The van der Waals surface area contributed by atoms with Crippen molar-refractivity contribution in [3.63, 3.8) is 0 Å². The molecule has 20 heavy (non-hydrogen) atoms. The van der Waals surface area contributed by atoms with Gasteiger partial charge in [0.05, 0.1) is 5.56 Å². The third kappa shape index (κ3) is 3.52. The van der Waals surface area contributed by atoms with E-state index in [2.05, 4.69) is 15.9 Å². The second-order valence-electron chi connectivity index (χ2n) is 4.41. The molecule has 0 radical (unpaired) electrons. The van der Waals surface area contributed by atoms with Crippen LogP contribution in [-0.2, 0) is 11.3 Å². The molecule has 2 aromatic rings. The molecule has 0 aromatic heterocycles. The van der Waals surface area contributed by atoms with Crippen LogP contribution in [-0.4, -0.2) is 5.97 Å². The predicted octanol–water partition coefficient (Wildman–Crippen LogP) is 4.35. The summed E-state index contributed by atoms with van der Waals surface area (Å²) in [5, 5.41) is 0.591. The van der Waals surface area contributed by atoms with Crippen LogP contribution in [0.15, 0.2) is 40.9 Å². The number of carbonyl (C=O) groups excluding carboxylic acids is 1. The third-order valence-electron chi connectivity index (χ3n) is 2.80. The van der Waals surface area contributed by atoms with Crippen LogP contribution in [0.2, 0.25) is 5.02 Å². The lowest BCUT2D eigenvalue weighted by atomic mass is 10.1. The number of rotatable bonds is 3. The fourth-order valence-electron chi connectivity index (χ4n) is 1.67. The van der Waals surface area contributed by atoms with E-state index in [4.69, 9.17) is 22.1 Å². The summed E-state index contributed by atoms with van der Waals surface area (Å²) in [5.41, 5.74) is 8.47. The summed E-state index contributed by atoms with van der Waals surface area (Å²) in [4.78, 5) is 11.9. The van der Waals surface area contributed by atoms with Gasteiger partial charge in [0.15, 0.2) is 0 Å². The molecule has 2 aromatic carbocycles. The standard InChI is InChI=1S/C15H13BrClNO2/c1-9-2-3-11(13(17)6-9)8-20-15(19)10-4-5-12(16)14(18)7-10/h2-7H,8,18H2,1H3. The second kappa shape index (κ2) is 6.29. The average Bonchev–Trinajstić information content (AvgIpc) is 2.40. The highest BCUT2D eigenvalue weighted by Gasteiger charge is 2.10. The van der Waals surface area contributed by atoms with E-state index in [0.717, 1.165) is 15.6 Å². The molecule has 0 aliphatic rings. The minimum atomic E-state index is -0.430. The van der Waals surface area contributed by atoms with Crippen molar-refractivity contribution >= 4 is 39.2 Å². The fourth-order valence-corrected chi connectivity index (χ4v) is 2.20. The van der Waals surface area contributed by atoms with Gasteiger partial charge < -0.3 is 10.5 Å². The SMILES string of the molecule is Cc1ccc(COC(=O)c2ccc(Br)c(N)c2)c(Cl)c1. The molecule has 0 unspecified atom stereocenters. The van der Waals surface area contributed by atoms with Crippen LogP contribution >= 0.6 is 27.5 Å². The van der Waals surface area contributed by atoms with Crippen molar-refractivity contribution in [1.29, 1.82) is 0 Å². The van der Waals surface area contributed by atoms with Crippen LogP contribution in [0.25, 0.3) is 0 Å². The van der Waals surface area contributed by atoms with Crippen LogP contribution < -0.4 is 5.73 Å². The average molecular weight is 355 g/mol. The smallest absolute Gasteiger partial charge is 0.338 e. The molecule has 104 valence electrons. The Labute approximate surface area is 130 Å². The Balaban J connectivity index is 2.06. The number of halogens is 2. The molecule has 3 nitrogen and oxygen atoms in total. The number of esters is 1. The molecule has 0 bridgehead atoms. The number of anilines is 1. The zero-order valence-corrected chi connectivity index (χ0v) is 13.2. The van der Waals surface area contributed by atoms with Gasteiger partial charge in [-0.3, -0.25) is 0 Å². The van der Waals surface area contributed by atoms with Crippen molar-refractivity contribution in [3.8, 4) is 0 Å². The Morgan fingerprint density at radius 3 is 2.70 bits per heavy atom. The van der Waals surface area contributed by atoms with Crippen LogP contribution in [0.3, 0.4) is 0 Å². The van der Waals surface area contributed by atoms with Crippen molar-refractivity contribution in [1.82, 2.24) is 0 Å². The molecule has 5 heteroatoms. The van der Waals surface area contributed by atoms with Crippen LogP contribution in [0.5, 0.6) is 0 Å². The van der Waals surface area contributed by atoms with Gasteiger partial charge in [0.1, 0.15) is 6.61 Å². The molecular weight excluding hydrogens is 342 g/mol. The summed E-state index contributed by atoms with van der Waals surface area (Å²) in [5.74, 6) is -0.430. The van der Waals surface area contributed by atoms with E-state index >= 15 is 0 Å². The molecule has 0 aliphatic heterocycles. The summed E-state index contributed by atoms with van der Waals surface area (Å²) < 4.78 is 5.98. The molecule has 0 fully saturated rings. The summed E-state index contributed by atoms with van der Waals surface area (Å²) >= 11 is 9.36. The van der Waals surface area contributed by atoms with Gasteiger partial charge in [0.25, 0.3) is 0 Å². The number of benzene rings is 2. The van der Waals surface area contributed by atoms with Crippen molar-refractivity contribution in [2.24, 2.45) is 0 Å². The maximum Gasteiger partial charge on any atom is 0.338 e. The number of ether oxygens (including phenoxy) is 1. The fraction of sp³-hybridized carbons (Fsp3) is 0.133. The Hall–Kier alpha value is -1.52. The van der Waals surface area contributed by atoms with Gasteiger partial charge in [0, 0.05) is 20.7 Å². The van der Waals surface area contributed by atoms with E-state index in [0.29, 0.717) is 16.3 Å². The molecule has 0 saturated carbocycles. The highest BCUT2D eigenvalue weighted by Crippen LogP contribution is 2.22. The molecule has 0 saturated heterocycles. The molecular formula is C15H13BrClNO2. The lowest BCUT2D eigenvalue weighted by molar-refractivity contribution is 0.0473. The number of nitrogens with two attached hydrogens (primary N) is 1. The van der Waals surface area contributed by atoms with Crippen molar-refractivity contribution in [2.45, 2.75) is 13.5 Å². The Morgan fingerprint density at radius 2 is 2.05 bits per heavy atom. The Bertz CT molecular complexity index is 658. The van der Waals surface area contributed by atoms with Crippen LogP contribution in [0, 0.1) is 6.92 Å². The van der Waals surface area contributed by atoms with E-state index in [1.54, 1.807) is 18.2 Å². The predicted molar refractivity (Wildman–Crippen MR) is 83.9 cm³/mol. The monoisotopic (exact) mass is 353 g/mol. The largest absolute Gasteiger partial charge is 0.457 e. The van der Waals surface area contributed by atoms with Gasteiger partial charge in [-0.15, -0.1) is 0 Å². The second-order valence-corrected chi connectivity index (χ2v) is 5.67. The zero-order chi connectivity index (χ0) is 14.7. The summed E-state index contributed by atoms with van der Waals surface area (Å²) in [7, 11) is 0. The number of aryl methyl sites for hydroxylation is 1. The molecule has 0 spiro atoms. The van der Waals surface area contributed by atoms with Gasteiger partial charge in [-0.05, 0) is 52.7 Å². The normalized spacial score (nSPS) is 10.3. The molecule has 2 N–H and O–H groups in total. The van der Waals surface area contributed by atoms with Crippen molar-refractivity contribution in [3.05, 3.63) is 62.6 Å². The summed E-state index contributed by atoms with van der Waals surface area (Å²) in [6, 6.07) is 10.5. The van der Waals surface area contributed by atoms with Crippen LogP contribution in [0.1, 0.15) is 21.5 Å². The summed E-state index contributed by atoms with van der Waals surface area (Å²) in [6.07, 6.45) is 0. The first-order valence-electron chi connectivity index (χ1n) is 5.94. The maximum absolute atomic E-state index is 11.9. The quantitative estimate of drug-likeness (QED) is 0.658. The van der Waals surface area contributed by atoms with E-state index in [-0.39, 0.29) is 6.61 Å². The molecule has 0 atom stereocenters. The van der Waals surface area contributed by atoms with Crippen molar-refractivity contribution in [2.75, 3.05) is 5.73 Å². The molecule has 0 amide bonds. The number of carbonyl (C=O) groups is 1. The van der Waals surface area contributed by atoms with E-state index < -0.39 is 5.97 Å². The first-order valence-corrected chi connectivity index (χ1v) is 7.11. The minimum Gasteiger partial charge on any atom is -0.457 e. The van der Waals surface area contributed by atoms with E-state index in [9.17, 15) is 4.79 Å². The van der Waals surface area contributed by atoms with Gasteiger partial charge >= 0.3 is 5.97 Å². The van der Waals surface area contributed by atoms with Gasteiger partial charge in [-0.25, -0.2) is 4.79 Å². The van der Waals surface area contributed by atoms with Crippen LogP contribution in [0.4, 0.5) is 5.69 Å². The lowest BCUT2D eigenvalue weighted by Crippen LogP contribution is -2.06. The highest BCUT2D eigenvalue weighted by atomic mass is 79.9. The molecule has 0 aliphatic carbocycles. The molecule has 2 rings (SSSR count). The van der Waals surface area contributed by atoms with Crippen molar-refractivity contribution < 1.29 is 9.53 Å². The molecule has 0 heterocycles. The first-order chi connectivity index (χ1) is 9.47. The Morgan fingerprint density at radius 1 is 1.30 bits per heavy atom. The summed E-state index contributed by atoms with van der Waals surface area (Å²) in [6.45, 7) is 2.08. The topological polar surface area (TPSA) is 52.3 Å².